The van der Waals surface area contributed by atoms with Crippen molar-refractivity contribution in [1.82, 2.24) is 15.1 Å². The van der Waals surface area contributed by atoms with Crippen LogP contribution in [0.3, 0.4) is 0 Å². The SMILES string of the molecule is C=C/C=C(\C=C)c1c(COc2cc(C)ncnc(Nc3ccc(Cl)c(C)c3)c(C)cc2OC)noc1C. The van der Waals surface area contributed by atoms with Crippen molar-refractivity contribution in [2.45, 2.75) is 34.3 Å². The average Bonchev–Trinajstić information content (AvgIpc) is 3.24. The van der Waals surface area contributed by atoms with Crippen LogP contribution in [0.4, 0.5) is 11.5 Å². The fourth-order valence-corrected chi connectivity index (χ4v) is 3.71. The predicted octanol–water partition coefficient (Wildman–Crippen LogP) is 7.56. The number of ether oxygens (including phenoxy) is 2. The maximum absolute atomic E-state index is 6.21. The molecule has 3 aromatic rings. The standard InChI is InChI=1S/C29H31ClN4O3/c1-8-10-22(9-2)28-21(6)37-34-25(28)16-36-27-15-20(5)31-17-32-29(19(4)14-26(27)35-7)33-23-11-12-24(30)18(3)13-23/h8-15,17H,1-2,16H2,3-7H3,(H,31,32,33)/b22-10+. The molecule has 3 rings (SSSR count). The van der Waals surface area contributed by atoms with Gasteiger partial charge in [-0.1, -0.05) is 48.1 Å². The van der Waals surface area contributed by atoms with Crippen LogP contribution in [0.1, 0.15) is 33.8 Å². The van der Waals surface area contributed by atoms with Gasteiger partial charge in [-0.3, -0.25) is 0 Å². The van der Waals surface area contributed by atoms with E-state index in [9.17, 15) is 0 Å². The number of anilines is 2. The van der Waals surface area contributed by atoms with Crippen molar-refractivity contribution in [3.05, 3.63) is 107 Å². The smallest absolute Gasteiger partial charge is 0.163 e. The highest BCUT2D eigenvalue weighted by Gasteiger charge is 2.16. The lowest BCUT2D eigenvalue weighted by atomic mass is 10.0. The fourth-order valence-electron chi connectivity index (χ4n) is 3.59. The Hall–Kier alpha value is -4.10. The number of nitrogens with one attached hydrogen (secondary N) is 1. The quantitative estimate of drug-likeness (QED) is 0.292. The van der Waals surface area contributed by atoms with Crippen LogP contribution in [0.15, 0.2) is 72.6 Å². The predicted molar refractivity (Wildman–Crippen MR) is 149 cm³/mol. The average molecular weight is 519 g/mol. The highest BCUT2D eigenvalue weighted by atomic mass is 35.5. The van der Waals surface area contributed by atoms with E-state index in [1.165, 1.54) is 6.33 Å². The molecule has 0 saturated carbocycles. The molecule has 1 N–H and O–H groups in total. The number of allylic oxidation sites excluding steroid dienone is 4. The van der Waals surface area contributed by atoms with Crippen molar-refractivity contribution in [3.8, 4) is 11.5 Å². The Morgan fingerprint density at radius 3 is 2.51 bits per heavy atom. The Morgan fingerprint density at radius 1 is 1.05 bits per heavy atom. The van der Waals surface area contributed by atoms with Crippen LogP contribution >= 0.6 is 11.6 Å². The van der Waals surface area contributed by atoms with Gasteiger partial charge in [0.05, 0.1) is 12.7 Å². The summed E-state index contributed by atoms with van der Waals surface area (Å²) < 4.78 is 17.4. The summed E-state index contributed by atoms with van der Waals surface area (Å²) in [5.74, 6) is 2.26. The van der Waals surface area contributed by atoms with Crippen molar-refractivity contribution in [2.24, 2.45) is 0 Å². The minimum Gasteiger partial charge on any atom is -0.493 e. The molecule has 0 atom stereocenters. The highest BCUT2D eigenvalue weighted by molar-refractivity contribution is 6.31. The molecule has 37 heavy (non-hydrogen) atoms. The first-order valence-corrected chi connectivity index (χ1v) is 12.0. The van der Waals surface area contributed by atoms with Crippen LogP contribution in [0.25, 0.3) is 5.57 Å². The van der Waals surface area contributed by atoms with Crippen molar-refractivity contribution < 1.29 is 14.0 Å². The minimum atomic E-state index is 0.140. The third-order valence-corrected chi connectivity index (χ3v) is 5.92. The molecule has 0 bridgehead atoms. The maximum atomic E-state index is 6.21. The van der Waals surface area contributed by atoms with Gasteiger partial charge in [0.25, 0.3) is 0 Å². The van der Waals surface area contributed by atoms with Crippen LogP contribution in [0.5, 0.6) is 11.5 Å². The van der Waals surface area contributed by atoms with Crippen molar-refractivity contribution >= 4 is 28.7 Å². The normalized spacial score (nSPS) is 10.9. The molecule has 0 amide bonds. The van der Waals surface area contributed by atoms with Gasteiger partial charge >= 0.3 is 0 Å². The van der Waals surface area contributed by atoms with E-state index in [0.29, 0.717) is 39.5 Å². The van der Waals surface area contributed by atoms with Crippen LogP contribution in [-0.4, -0.2) is 22.2 Å². The summed E-state index contributed by atoms with van der Waals surface area (Å²) in [6.45, 7) is 15.4. The molecule has 7 nitrogen and oxygen atoms in total. The zero-order valence-corrected chi connectivity index (χ0v) is 22.5. The number of nitrogens with zero attached hydrogens (tertiary/aromatic N) is 3. The molecule has 0 aliphatic carbocycles. The van der Waals surface area contributed by atoms with Crippen LogP contribution in [-0.2, 0) is 6.61 Å². The van der Waals surface area contributed by atoms with Crippen LogP contribution in [0.2, 0.25) is 5.02 Å². The summed E-state index contributed by atoms with van der Waals surface area (Å²) in [7, 11) is 1.59. The molecule has 0 spiro atoms. The number of aromatic nitrogens is 3. The number of hydrogen-bond donors (Lipinski definition) is 1. The first-order chi connectivity index (χ1) is 17.8. The van der Waals surface area contributed by atoms with Gasteiger partial charge in [0.2, 0.25) is 0 Å². The Bertz CT molecular complexity index is 1390. The van der Waals surface area contributed by atoms with E-state index in [2.05, 4.69) is 33.6 Å². The second kappa shape index (κ2) is 12.7. The first-order valence-electron chi connectivity index (χ1n) is 11.6. The summed E-state index contributed by atoms with van der Waals surface area (Å²) >= 11 is 6.18. The molecule has 0 saturated heterocycles. The van der Waals surface area contributed by atoms with Gasteiger partial charge in [0.15, 0.2) is 11.5 Å². The molecule has 0 aliphatic rings. The lowest BCUT2D eigenvalue weighted by molar-refractivity contribution is 0.271. The molecule has 2 heterocycles. The third kappa shape index (κ3) is 6.98. The monoisotopic (exact) mass is 518 g/mol. The molecule has 192 valence electrons. The summed E-state index contributed by atoms with van der Waals surface area (Å²) in [4.78, 5) is 8.95. The number of rotatable bonds is 9. The second-order valence-corrected chi connectivity index (χ2v) is 8.68. The van der Waals surface area contributed by atoms with E-state index in [0.717, 1.165) is 28.0 Å². The first kappa shape index (κ1) is 27.5. The Balaban J connectivity index is 2.04. The van der Waals surface area contributed by atoms with E-state index in [1.54, 1.807) is 25.3 Å². The lowest BCUT2D eigenvalue weighted by Gasteiger charge is -2.12. The molecule has 0 fully saturated rings. The van der Waals surface area contributed by atoms with E-state index < -0.39 is 0 Å². The second-order valence-electron chi connectivity index (χ2n) is 8.27. The van der Waals surface area contributed by atoms with Crippen molar-refractivity contribution in [3.63, 3.8) is 0 Å². The highest BCUT2D eigenvalue weighted by Crippen LogP contribution is 2.31. The van der Waals surface area contributed by atoms with Gasteiger partial charge in [-0.25, -0.2) is 9.97 Å². The van der Waals surface area contributed by atoms with Crippen LogP contribution < -0.4 is 14.8 Å². The van der Waals surface area contributed by atoms with Gasteiger partial charge < -0.3 is 19.3 Å². The largest absolute Gasteiger partial charge is 0.493 e. The topological polar surface area (TPSA) is 82.3 Å². The number of methoxy groups -OCH3 is 1. The number of hydrogen-bond acceptors (Lipinski definition) is 7. The Labute approximate surface area is 222 Å². The van der Waals surface area contributed by atoms with Crippen molar-refractivity contribution in [2.75, 3.05) is 12.4 Å². The molecular formula is C29H31ClN4O3. The van der Waals surface area contributed by atoms with Crippen molar-refractivity contribution in [1.29, 1.82) is 0 Å². The third-order valence-electron chi connectivity index (χ3n) is 5.50. The molecular weight excluding hydrogens is 488 g/mol. The molecule has 0 radical (unpaired) electrons. The maximum Gasteiger partial charge on any atom is 0.163 e. The molecule has 2 aromatic heterocycles. The lowest BCUT2D eigenvalue weighted by Crippen LogP contribution is -2.01. The molecule has 0 aliphatic heterocycles. The van der Waals surface area contributed by atoms with E-state index in [4.69, 9.17) is 25.6 Å². The molecule has 8 heteroatoms. The van der Waals surface area contributed by atoms with Gasteiger partial charge in [-0.05, 0) is 68.7 Å². The Kier molecular flexibility index (Phi) is 9.46. The van der Waals surface area contributed by atoms with E-state index >= 15 is 0 Å². The zero-order valence-electron chi connectivity index (χ0n) is 21.8. The summed E-state index contributed by atoms with van der Waals surface area (Å²) in [6, 6.07) is 9.33. The number of aryl methyl sites for hydroxylation is 4. The zero-order chi connectivity index (χ0) is 26.9. The minimum absolute atomic E-state index is 0.140. The fraction of sp³-hybridized carbons (Fsp3) is 0.207. The van der Waals surface area contributed by atoms with Gasteiger partial charge in [-0.2, -0.15) is 0 Å². The Morgan fingerprint density at radius 2 is 1.84 bits per heavy atom. The number of halogens is 1. The van der Waals surface area contributed by atoms with Gasteiger partial charge in [0, 0.05) is 22.5 Å². The molecule has 1 aromatic carbocycles. The number of benzene rings is 1. The summed E-state index contributed by atoms with van der Waals surface area (Å²) in [5.41, 5.74) is 5.59. The van der Waals surface area contributed by atoms with Crippen LogP contribution in [0, 0.1) is 27.7 Å². The van der Waals surface area contributed by atoms with E-state index in [1.807, 2.05) is 58.0 Å². The van der Waals surface area contributed by atoms with E-state index in [-0.39, 0.29) is 6.61 Å². The van der Waals surface area contributed by atoms with Gasteiger partial charge in [-0.15, -0.1) is 0 Å². The van der Waals surface area contributed by atoms with Gasteiger partial charge in [0.1, 0.15) is 30.2 Å². The molecule has 0 unspecified atom stereocenters. The summed E-state index contributed by atoms with van der Waals surface area (Å²) in [6.07, 6.45) is 6.77. The summed E-state index contributed by atoms with van der Waals surface area (Å²) in [5, 5.41) is 8.23.